The van der Waals surface area contributed by atoms with Gasteiger partial charge in [0, 0.05) is 22.5 Å². The van der Waals surface area contributed by atoms with Crippen LogP contribution in [0.2, 0.25) is 0 Å². The van der Waals surface area contributed by atoms with Crippen molar-refractivity contribution in [2.75, 3.05) is 20.8 Å². The number of para-hydroxylation sites is 1. The Bertz CT molecular complexity index is 961. The molecule has 0 amide bonds. The largest absolute Gasteiger partial charge is 0.496 e. The van der Waals surface area contributed by atoms with E-state index in [1.807, 2.05) is 32.0 Å². The fraction of sp³-hybridized carbons (Fsp3) is 0.458. The van der Waals surface area contributed by atoms with Crippen LogP contribution in [-0.2, 0) is 23.9 Å². The highest BCUT2D eigenvalue weighted by atomic mass is 16.5. The van der Waals surface area contributed by atoms with Crippen molar-refractivity contribution in [1.29, 1.82) is 0 Å². The lowest BCUT2D eigenvalue weighted by atomic mass is 9.69. The van der Waals surface area contributed by atoms with E-state index in [1.165, 1.54) is 7.11 Å². The van der Waals surface area contributed by atoms with E-state index in [4.69, 9.17) is 14.2 Å². The van der Waals surface area contributed by atoms with Crippen LogP contribution >= 0.6 is 0 Å². The summed E-state index contributed by atoms with van der Waals surface area (Å²) in [5.41, 5.74) is 2.77. The molecular formula is C24H29NO6. The highest BCUT2D eigenvalue weighted by Crippen LogP contribution is 2.47. The van der Waals surface area contributed by atoms with Crippen LogP contribution in [0.4, 0.5) is 0 Å². The molecule has 0 radical (unpaired) electrons. The van der Waals surface area contributed by atoms with Crippen molar-refractivity contribution >= 4 is 17.7 Å². The quantitative estimate of drug-likeness (QED) is 0.550. The molecule has 0 saturated carbocycles. The van der Waals surface area contributed by atoms with Crippen LogP contribution in [0.25, 0.3) is 0 Å². The average molecular weight is 427 g/mol. The second-order valence-corrected chi connectivity index (χ2v) is 7.91. The number of esters is 2. The van der Waals surface area contributed by atoms with Gasteiger partial charge in [0.25, 0.3) is 0 Å². The molecule has 2 aliphatic rings. The molecular weight excluding hydrogens is 398 g/mol. The monoisotopic (exact) mass is 427 g/mol. The van der Waals surface area contributed by atoms with Crippen molar-refractivity contribution in [2.24, 2.45) is 11.8 Å². The molecule has 1 aliphatic heterocycles. The second-order valence-electron chi connectivity index (χ2n) is 7.91. The molecule has 1 heterocycles. The first kappa shape index (κ1) is 22.6. The van der Waals surface area contributed by atoms with Gasteiger partial charge in [-0.25, -0.2) is 4.79 Å². The zero-order chi connectivity index (χ0) is 22.7. The third-order valence-corrected chi connectivity index (χ3v) is 5.85. The summed E-state index contributed by atoms with van der Waals surface area (Å²) in [5.74, 6) is -2.70. The summed E-state index contributed by atoms with van der Waals surface area (Å²) in [6.07, 6.45) is 1.17. The first-order valence-corrected chi connectivity index (χ1v) is 10.5. The van der Waals surface area contributed by atoms with Crippen LogP contribution in [-0.4, -0.2) is 38.5 Å². The minimum atomic E-state index is -0.922. The smallest absolute Gasteiger partial charge is 0.336 e. The fourth-order valence-electron chi connectivity index (χ4n) is 4.44. The van der Waals surface area contributed by atoms with Crippen LogP contribution in [0.5, 0.6) is 5.75 Å². The minimum Gasteiger partial charge on any atom is -0.496 e. The summed E-state index contributed by atoms with van der Waals surface area (Å²) in [6.45, 7) is 5.85. The maximum atomic E-state index is 13.6. The van der Waals surface area contributed by atoms with Gasteiger partial charge in [-0.05, 0) is 31.7 Å². The number of carbonyl (C=O) groups excluding carboxylic acids is 3. The number of hydrogen-bond acceptors (Lipinski definition) is 7. The molecule has 166 valence electrons. The molecule has 3 atom stereocenters. The third kappa shape index (κ3) is 4.09. The molecule has 1 aromatic rings. The molecule has 0 unspecified atom stereocenters. The van der Waals surface area contributed by atoms with Gasteiger partial charge in [0.15, 0.2) is 5.78 Å². The molecule has 0 spiro atoms. The van der Waals surface area contributed by atoms with Gasteiger partial charge in [0.2, 0.25) is 0 Å². The lowest BCUT2D eigenvalue weighted by Crippen LogP contribution is -2.43. The molecule has 0 bridgehead atoms. The van der Waals surface area contributed by atoms with Gasteiger partial charge in [0.05, 0.1) is 32.3 Å². The number of benzene rings is 1. The number of nitrogens with one attached hydrogen (secondary N) is 1. The number of carbonyl (C=O) groups is 3. The Labute approximate surface area is 182 Å². The summed E-state index contributed by atoms with van der Waals surface area (Å²) in [5, 5.41) is 3.25. The average Bonchev–Trinajstić information content (AvgIpc) is 2.76. The van der Waals surface area contributed by atoms with Gasteiger partial charge in [-0.1, -0.05) is 32.0 Å². The number of allylic oxidation sites excluding steroid dienone is 3. The van der Waals surface area contributed by atoms with Crippen LogP contribution in [0, 0.1) is 11.8 Å². The molecule has 1 aliphatic carbocycles. The zero-order valence-electron chi connectivity index (χ0n) is 18.6. The lowest BCUT2D eigenvalue weighted by molar-refractivity contribution is -0.151. The van der Waals surface area contributed by atoms with Crippen molar-refractivity contribution in [2.45, 2.75) is 39.5 Å². The Hall–Kier alpha value is -3.09. The number of ether oxygens (including phenoxy) is 3. The van der Waals surface area contributed by atoms with Gasteiger partial charge in [-0.3, -0.25) is 9.59 Å². The lowest BCUT2D eigenvalue weighted by Gasteiger charge is -2.38. The highest BCUT2D eigenvalue weighted by molar-refractivity contribution is 6.12. The van der Waals surface area contributed by atoms with Crippen molar-refractivity contribution in [3.63, 3.8) is 0 Å². The number of Topliss-reactive ketones (excluding diaryl/α,β-unsaturated/α-hetero) is 1. The van der Waals surface area contributed by atoms with Gasteiger partial charge in [-0.15, -0.1) is 0 Å². The molecule has 7 heteroatoms. The van der Waals surface area contributed by atoms with E-state index in [0.29, 0.717) is 41.0 Å². The highest BCUT2D eigenvalue weighted by Gasteiger charge is 2.47. The summed E-state index contributed by atoms with van der Waals surface area (Å²) in [6, 6.07) is 7.28. The Morgan fingerprint density at radius 1 is 1.19 bits per heavy atom. The van der Waals surface area contributed by atoms with Crippen molar-refractivity contribution in [3.05, 3.63) is 52.4 Å². The van der Waals surface area contributed by atoms with Crippen molar-refractivity contribution in [1.82, 2.24) is 5.32 Å². The first-order chi connectivity index (χ1) is 14.8. The second kappa shape index (κ2) is 9.37. The number of methoxy groups -OCH3 is 2. The molecule has 0 fully saturated rings. The predicted octanol–water partition coefficient (Wildman–Crippen LogP) is 3.26. The van der Waals surface area contributed by atoms with Crippen molar-refractivity contribution in [3.8, 4) is 5.75 Å². The topological polar surface area (TPSA) is 90.9 Å². The first-order valence-electron chi connectivity index (χ1n) is 10.5. The molecule has 1 aromatic carbocycles. The Kier molecular flexibility index (Phi) is 6.83. The molecule has 7 nitrogen and oxygen atoms in total. The fourth-order valence-corrected chi connectivity index (χ4v) is 4.44. The zero-order valence-corrected chi connectivity index (χ0v) is 18.6. The standard InChI is InChI=1S/C24H29NO6/c1-6-11-31-24(28)19-14(3)25-16-12-13(2)18(23(27)30-5)22(26)21(16)20(19)15-9-7-8-10-17(15)29-4/h7-10,13,18,20,25H,6,11-12H2,1-5H3/t13-,18+,20-/m1/s1. The van der Waals surface area contributed by atoms with E-state index in [2.05, 4.69) is 5.32 Å². The van der Waals surface area contributed by atoms with E-state index >= 15 is 0 Å². The third-order valence-electron chi connectivity index (χ3n) is 5.85. The van der Waals surface area contributed by atoms with E-state index in [0.717, 1.165) is 5.70 Å². The molecule has 0 aromatic heterocycles. The SMILES string of the molecule is CCCOC(=O)C1=C(C)NC2=C(C(=O)[C@@H](C(=O)OC)[C@H](C)C2)[C@@H]1c1ccccc1OC. The van der Waals surface area contributed by atoms with Crippen LogP contribution in [0.3, 0.4) is 0 Å². The van der Waals surface area contributed by atoms with Crippen LogP contribution < -0.4 is 10.1 Å². The normalized spacial score (nSPS) is 23.1. The summed E-state index contributed by atoms with van der Waals surface area (Å²) < 4.78 is 15.9. The van der Waals surface area contributed by atoms with E-state index in [1.54, 1.807) is 20.1 Å². The Morgan fingerprint density at radius 3 is 2.55 bits per heavy atom. The van der Waals surface area contributed by atoms with Gasteiger partial charge >= 0.3 is 11.9 Å². The van der Waals surface area contributed by atoms with Crippen molar-refractivity contribution < 1.29 is 28.6 Å². The molecule has 0 saturated heterocycles. The Balaban J connectivity index is 2.20. The van der Waals surface area contributed by atoms with Gasteiger partial charge in [-0.2, -0.15) is 0 Å². The minimum absolute atomic E-state index is 0.231. The maximum Gasteiger partial charge on any atom is 0.336 e. The number of ketones is 1. The molecule has 31 heavy (non-hydrogen) atoms. The number of rotatable bonds is 6. The van der Waals surface area contributed by atoms with Gasteiger partial charge < -0.3 is 19.5 Å². The molecule has 1 N–H and O–H groups in total. The summed E-state index contributed by atoms with van der Waals surface area (Å²) in [7, 11) is 2.82. The summed E-state index contributed by atoms with van der Waals surface area (Å²) in [4.78, 5) is 39.1. The molecule has 3 rings (SSSR count). The summed E-state index contributed by atoms with van der Waals surface area (Å²) >= 11 is 0. The van der Waals surface area contributed by atoms with Crippen LogP contribution in [0.1, 0.15) is 45.1 Å². The predicted molar refractivity (Wildman–Crippen MR) is 114 cm³/mol. The Morgan fingerprint density at radius 2 is 1.90 bits per heavy atom. The van der Waals surface area contributed by atoms with E-state index in [-0.39, 0.29) is 18.3 Å². The van der Waals surface area contributed by atoms with Crippen LogP contribution in [0.15, 0.2) is 46.8 Å². The van der Waals surface area contributed by atoms with E-state index in [9.17, 15) is 14.4 Å². The van der Waals surface area contributed by atoms with E-state index < -0.39 is 23.8 Å². The van der Waals surface area contributed by atoms with Gasteiger partial charge in [0.1, 0.15) is 11.7 Å². The maximum absolute atomic E-state index is 13.6. The number of hydrogen-bond donors (Lipinski definition) is 1. The number of dihydropyridines is 1.